The number of rotatable bonds is 5. The summed E-state index contributed by atoms with van der Waals surface area (Å²) in [6.45, 7) is 6.81. The van der Waals surface area contributed by atoms with E-state index in [1.165, 1.54) is 12.8 Å². The Morgan fingerprint density at radius 3 is 2.58 bits per heavy atom. The van der Waals surface area contributed by atoms with Crippen LogP contribution in [0.2, 0.25) is 0 Å². The molecule has 0 radical (unpaired) electrons. The number of hydrogen-bond acceptors (Lipinski definition) is 3. The summed E-state index contributed by atoms with van der Waals surface area (Å²) >= 11 is 0. The van der Waals surface area contributed by atoms with Gasteiger partial charge in [-0.15, -0.1) is 0 Å². The van der Waals surface area contributed by atoms with Crippen molar-refractivity contribution in [2.75, 3.05) is 20.6 Å². The molecule has 4 nitrogen and oxygen atoms in total. The number of likely N-dealkylation sites (N-methyl/N-ethyl adjacent to an activating group) is 1. The monoisotopic (exact) mass is 269 g/mol. The SMILES string of the molecule is CC1CCCC(CNC(=O)CC(C)(C)N)(N(C)C)C1. The van der Waals surface area contributed by atoms with Crippen LogP contribution in [0.1, 0.15) is 52.9 Å². The van der Waals surface area contributed by atoms with Gasteiger partial charge in [0, 0.05) is 24.0 Å². The molecular weight excluding hydrogens is 238 g/mol. The van der Waals surface area contributed by atoms with Gasteiger partial charge in [0.05, 0.1) is 0 Å². The smallest absolute Gasteiger partial charge is 0.221 e. The largest absolute Gasteiger partial charge is 0.354 e. The summed E-state index contributed by atoms with van der Waals surface area (Å²) in [6, 6.07) is 0. The molecule has 0 heterocycles. The lowest BCUT2D eigenvalue weighted by atomic mass is 9.75. The number of carbonyl (C=O) groups excluding carboxylic acids is 1. The van der Waals surface area contributed by atoms with E-state index in [0.717, 1.165) is 25.3 Å². The Bertz CT molecular complexity index is 309. The quantitative estimate of drug-likeness (QED) is 0.799. The van der Waals surface area contributed by atoms with E-state index in [1.807, 2.05) is 13.8 Å². The average molecular weight is 269 g/mol. The van der Waals surface area contributed by atoms with E-state index in [0.29, 0.717) is 6.42 Å². The number of nitrogens with one attached hydrogen (secondary N) is 1. The molecule has 2 unspecified atom stereocenters. The Morgan fingerprint density at radius 1 is 1.47 bits per heavy atom. The summed E-state index contributed by atoms with van der Waals surface area (Å²) in [5.74, 6) is 0.797. The van der Waals surface area contributed by atoms with Gasteiger partial charge >= 0.3 is 0 Å². The Kier molecular flexibility index (Phi) is 5.39. The first-order chi connectivity index (χ1) is 8.65. The molecule has 1 fully saturated rings. The predicted molar refractivity (Wildman–Crippen MR) is 79.9 cm³/mol. The lowest BCUT2D eigenvalue weighted by Gasteiger charge is -2.45. The van der Waals surface area contributed by atoms with Crippen LogP contribution in [0.3, 0.4) is 0 Å². The van der Waals surface area contributed by atoms with Crippen LogP contribution in [0, 0.1) is 5.92 Å². The standard InChI is InChI=1S/C15H31N3O/c1-12-7-6-8-15(9-12,18(4)5)11-17-13(19)10-14(2,3)16/h12H,6-11,16H2,1-5H3,(H,17,19). The predicted octanol–water partition coefficient (Wildman–Crippen LogP) is 1.74. The number of nitrogens with two attached hydrogens (primary N) is 1. The zero-order valence-corrected chi connectivity index (χ0v) is 13.3. The molecule has 1 amide bonds. The molecule has 0 aliphatic heterocycles. The minimum absolute atomic E-state index is 0.0620. The molecule has 1 aliphatic rings. The summed E-state index contributed by atoms with van der Waals surface area (Å²) in [6.07, 6.45) is 5.26. The Hall–Kier alpha value is -0.610. The Labute approximate surface area is 118 Å². The van der Waals surface area contributed by atoms with Crippen LogP contribution in [0.25, 0.3) is 0 Å². The highest BCUT2D eigenvalue weighted by molar-refractivity contribution is 5.77. The van der Waals surface area contributed by atoms with Gasteiger partial charge in [0.25, 0.3) is 0 Å². The summed E-state index contributed by atoms with van der Waals surface area (Å²) in [7, 11) is 4.24. The van der Waals surface area contributed by atoms with Crippen molar-refractivity contribution in [2.45, 2.75) is 64.0 Å². The van der Waals surface area contributed by atoms with Gasteiger partial charge in [-0.05, 0) is 46.7 Å². The molecule has 112 valence electrons. The molecule has 0 spiro atoms. The van der Waals surface area contributed by atoms with Crippen molar-refractivity contribution in [2.24, 2.45) is 11.7 Å². The fourth-order valence-corrected chi connectivity index (χ4v) is 3.10. The molecule has 2 atom stereocenters. The van der Waals surface area contributed by atoms with Gasteiger partial charge in [-0.2, -0.15) is 0 Å². The molecule has 3 N–H and O–H groups in total. The van der Waals surface area contributed by atoms with Crippen molar-refractivity contribution >= 4 is 5.91 Å². The van der Waals surface area contributed by atoms with Crippen molar-refractivity contribution in [3.63, 3.8) is 0 Å². The van der Waals surface area contributed by atoms with Crippen LogP contribution >= 0.6 is 0 Å². The van der Waals surface area contributed by atoms with E-state index < -0.39 is 5.54 Å². The van der Waals surface area contributed by atoms with Crippen LogP contribution < -0.4 is 11.1 Å². The van der Waals surface area contributed by atoms with E-state index in [9.17, 15) is 4.79 Å². The van der Waals surface area contributed by atoms with Crippen LogP contribution in [0.5, 0.6) is 0 Å². The van der Waals surface area contributed by atoms with Crippen molar-refractivity contribution in [3.05, 3.63) is 0 Å². The second-order valence-electron chi connectivity index (χ2n) is 7.26. The van der Waals surface area contributed by atoms with Crippen LogP contribution in [0.15, 0.2) is 0 Å². The number of amides is 1. The summed E-state index contributed by atoms with van der Waals surface area (Å²) in [5.41, 5.74) is 5.57. The first-order valence-electron chi connectivity index (χ1n) is 7.38. The topological polar surface area (TPSA) is 58.4 Å². The first-order valence-corrected chi connectivity index (χ1v) is 7.38. The van der Waals surface area contributed by atoms with Gasteiger partial charge in [-0.1, -0.05) is 19.8 Å². The van der Waals surface area contributed by atoms with E-state index in [-0.39, 0.29) is 11.4 Å². The molecule has 1 saturated carbocycles. The second kappa shape index (κ2) is 6.23. The maximum Gasteiger partial charge on any atom is 0.221 e. The second-order valence-corrected chi connectivity index (χ2v) is 7.26. The first kappa shape index (κ1) is 16.4. The normalized spacial score (nSPS) is 28.5. The van der Waals surface area contributed by atoms with Gasteiger partial charge in [0.15, 0.2) is 0 Å². The van der Waals surface area contributed by atoms with E-state index in [1.54, 1.807) is 0 Å². The van der Waals surface area contributed by atoms with Gasteiger partial charge < -0.3 is 16.0 Å². The third kappa shape index (κ3) is 5.11. The van der Waals surface area contributed by atoms with Gasteiger partial charge in [-0.3, -0.25) is 4.79 Å². The molecular formula is C15H31N3O. The van der Waals surface area contributed by atoms with Crippen LogP contribution in [-0.4, -0.2) is 42.5 Å². The lowest BCUT2D eigenvalue weighted by molar-refractivity contribution is -0.122. The molecule has 0 aromatic carbocycles. The molecule has 19 heavy (non-hydrogen) atoms. The number of nitrogens with zero attached hydrogens (tertiary/aromatic N) is 1. The molecule has 4 heteroatoms. The highest BCUT2D eigenvalue weighted by atomic mass is 16.1. The Balaban J connectivity index is 2.58. The molecule has 0 bridgehead atoms. The van der Waals surface area contributed by atoms with Crippen molar-refractivity contribution < 1.29 is 4.79 Å². The molecule has 0 aromatic heterocycles. The molecule has 1 rings (SSSR count). The van der Waals surface area contributed by atoms with Crippen molar-refractivity contribution in [3.8, 4) is 0 Å². The molecule has 0 saturated heterocycles. The third-order valence-corrected chi connectivity index (χ3v) is 4.25. The summed E-state index contributed by atoms with van der Waals surface area (Å²) in [5, 5.41) is 3.09. The van der Waals surface area contributed by atoms with E-state index in [2.05, 4.69) is 31.2 Å². The van der Waals surface area contributed by atoms with E-state index >= 15 is 0 Å². The average Bonchev–Trinajstić information content (AvgIpc) is 2.24. The summed E-state index contributed by atoms with van der Waals surface area (Å²) in [4.78, 5) is 14.2. The minimum atomic E-state index is -0.435. The summed E-state index contributed by atoms with van der Waals surface area (Å²) < 4.78 is 0. The van der Waals surface area contributed by atoms with Gasteiger partial charge in [-0.25, -0.2) is 0 Å². The van der Waals surface area contributed by atoms with Crippen LogP contribution in [0.4, 0.5) is 0 Å². The van der Waals surface area contributed by atoms with Crippen LogP contribution in [-0.2, 0) is 4.79 Å². The van der Waals surface area contributed by atoms with Crippen molar-refractivity contribution in [1.29, 1.82) is 0 Å². The van der Waals surface area contributed by atoms with Gasteiger partial charge in [0.2, 0.25) is 5.91 Å². The maximum atomic E-state index is 11.9. The molecule has 1 aliphatic carbocycles. The van der Waals surface area contributed by atoms with E-state index in [4.69, 9.17) is 5.73 Å². The zero-order chi connectivity index (χ0) is 14.7. The Morgan fingerprint density at radius 2 is 2.11 bits per heavy atom. The van der Waals surface area contributed by atoms with Gasteiger partial charge in [0.1, 0.15) is 0 Å². The van der Waals surface area contributed by atoms with Crippen molar-refractivity contribution in [1.82, 2.24) is 10.2 Å². The fourth-order valence-electron chi connectivity index (χ4n) is 3.10. The highest BCUT2D eigenvalue weighted by Crippen LogP contribution is 2.35. The number of hydrogen-bond donors (Lipinski definition) is 2. The number of carbonyl (C=O) groups is 1. The highest BCUT2D eigenvalue weighted by Gasteiger charge is 2.37. The zero-order valence-electron chi connectivity index (χ0n) is 13.3. The third-order valence-electron chi connectivity index (χ3n) is 4.25. The minimum Gasteiger partial charge on any atom is -0.354 e. The molecule has 0 aromatic rings. The maximum absolute atomic E-state index is 11.9. The fraction of sp³-hybridized carbons (Fsp3) is 0.933. The lowest BCUT2D eigenvalue weighted by Crippen LogP contribution is -2.55.